The Labute approximate surface area is 115 Å². The maximum atomic E-state index is 11.8. The molecule has 0 atom stereocenters. The Morgan fingerprint density at radius 2 is 2.37 bits per heavy atom. The average molecular weight is 279 g/mol. The standard InChI is InChI=1S/C13H17N3O2S/c14-5-2-7-18-11-9-13(17)16(15-10-11)6-4-12-3-1-8-19-12/h1,3,8-10H,2,4-7,14H2. The van der Waals surface area contributed by atoms with Gasteiger partial charge in [-0.2, -0.15) is 5.10 Å². The fourth-order valence-electron chi connectivity index (χ4n) is 1.61. The van der Waals surface area contributed by atoms with Gasteiger partial charge in [0.2, 0.25) is 0 Å². The van der Waals surface area contributed by atoms with Crippen LogP contribution in [0, 0.1) is 0 Å². The van der Waals surface area contributed by atoms with Crippen molar-refractivity contribution in [1.29, 1.82) is 0 Å². The van der Waals surface area contributed by atoms with Crippen molar-refractivity contribution in [3.8, 4) is 5.75 Å². The predicted molar refractivity (Wildman–Crippen MR) is 75.7 cm³/mol. The zero-order valence-electron chi connectivity index (χ0n) is 10.6. The van der Waals surface area contributed by atoms with Crippen LogP contribution in [-0.2, 0) is 13.0 Å². The second-order valence-corrected chi connectivity index (χ2v) is 5.10. The molecule has 0 saturated carbocycles. The van der Waals surface area contributed by atoms with Gasteiger partial charge in [-0.15, -0.1) is 11.3 Å². The molecule has 0 aliphatic rings. The average Bonchev–Trinajstić information content (AvgIpc) is 2.91. The summed E-state index contributed by atoms with van der Waals surface area (Å²) < 4.78 is 6.83. The normalized spacial score (nSPS) is 10.6. The van der Waals surface area contributed by atoms with Gasteiger partial charge in [-0.05, 0) is 24.4 Å². The van der Waals surface area contributed by atoms with Gasteiger partial charge in [0.25, 0.3) is 5.56 Å². The first-order valence-electron chi connectivity index (χ1n) is 6.22. The van der Waals surface area contributed by atoms with Crippen molar-refractivity contribution in [3.63, 3.8) is 0 Å². The molecule has 2 N–H and O–H groups in total. The Kier molecular flexibility index (Phi) is 5.11. The van der Waals surface area contributed by atoms with Gasteiger partial charge in [0.15, 0.2) is 0 Å². The van der Waals surface area contributed by atoms with E-state index >= 15 is 0 Å². The maximum absolute atomic E-state index is 11.8. The number of ether oxygens (including phenoxy) is 1. The summed E-state index contributed by atoms with van der Waals surface area (Å²) in [6.07, 6.45) is 3.16. The van der Waals surface area contributed by atoms with E-state index in [2.05, 4.69) is 11.2 Å². The highest BCUT2D eigenvalue weighted by atomic mass is 32.1. The van der Waals surface area contributed by atoms with Crippen molar-refractivity contribution in [2.45, 2.75) is 19.4 Å². The molecular weight excluding hydrogens is 262 g/mol. The smallest absolute Gasteiger partial charge is 0.270 e. The highest BCUT2D eigenvalue weighted by Crippen LogP contribution is 2.10. The summed E-state index contributed by atoms with van der Waals surface area (Å²) in [7, 11) is 0. The molecular formula is C13H17N3O2S. The lowest BCUT2D eigenvalue weighted by atomic mass is 10.3. The van der Waals surface area contributed by atoms with E-state index in [1.54, 1.807) is 17.5 Å². The Balaban J connectivity index is 1.93. The van der Waals surface area contributed by atoms with Crippen molar-refractivity contribution >= 4 is 11.3 Å². The van der Waals surface area contributed by atoms with Crippen molar-refractivity contribution in [2.24, 2.45) is 5.73 Å². The predicted octanol–water partition coefficient (Wildman–Crippen LogP) is 1.28. The number of thiophene rings is 1. The minimum atomic E-state index is -0.137. The quantitative estimate of drug-likeness (QED) is 0.775. The zero-order chi connectivity index (χ0) is 13.5. The summed E-state index contributed by atoms with van der Waals surface area (Å²) in [5.74, 6) is 0.505. The summed E-state index contributed by atoms with van der Waals surface area (Å²) in [4.78, 5) is 13.1. The third kappa shape index (κ3) is 4.18. The van der Waals surface area contributed by atoms with Crippen molar-refractivity contribution < 1.29 is 4.74 Å². The minimum absolute atomic E-state index is 0.137. The molecule has 0 saturated heterocycles. The zero-order valence-corrected chi connectivity index (χ0v) is 11.4. The largest absolute Gasteiger partial charge is 0.492 e. The summed E-state index contributed by atoms with van der Waals surface area (Å²) in [6.45, 7) is 1.67. The molecule has 0 aliphatic carbocycles. The number of nitrogens with zero attached hydrogens (tertiary/aromatic N) is 2. The van der Waals surface area contributed by atoms with Crippen molar-refractivity contribution in [1.82, 2.24) is 9.78 Å². The van der Waals surface area contributed by atoms with Crippen LogP contribution >= 0.6 is 11.3 Å². The molecule has 0 bridgehead atoms. The number of hydrogen-bond acceptors (Lipinski definition) is 5. The van der Waals surface area contributed by atoms with Gasteiger partial charge in [0.1, 0.15) is 5.75 Å². The lowest BCUT2D eigenvalue weighted by molar-refractivity contribution is 0.309. The number of aromatic nitrogens is 2. The second kappa shape index (κ2) is 7.06. The van der Waals surface area contributed by atoms with Crippen LogP contribution in [-0.4, -0.2) is 22.9 Å². The monoisotopic (exact) mass is 279 g/mol. The van der Waals surface area contributed by atoms with E-state index in [0.29, 0.717) is 25.4 Å². The Morgan fingerprint density at radius 3 is 3.05 bits per heavy atom. The lowest BCUT2D eigenvalue weighted by Crippen LogP contribution is -2.23. The maximum Gasteiger partial charge on any atom is 0.270 e. The minimum Gasteiger partial charge on any atom is -0.492 e. The molecule has 2 rings (SSSR count). The van der Waals surface area contributed by atoms with Crippen LogP contribution in [0.2, 0.25) is 0 Å². The van der Waals surface area contributed by atoms with Gasteiger partial charge in [0.05, 0.1) is 12.8 Å². The van der Waals surface area contributed by atoms with E-state index in [1.807, 2.05) is 11.4 Å². The number of aryl methyl sites for hydroxylation is 2. The van der Waals surface area contributed by atoms with Crippen LogP contribution in [0.5, 0.6) is 5.75 Å². The third-order valence-corrected chi connectivity index (χ3v) is 3.55. The number of rotatable bonds is 7. The summed E-state index contributed by atoms with van der Waals surface area (Å²) >= 11 is 1.69. The van der Waals surface area contributed by atoms with Crippen molar-refractivity contribution in [2.75, 3.05) is 13.2 Å². The first-order valence-corrected chi connectivity index (χ1v) is 7.10. The molecule has 0 radical (unpaired) electrons. The fraction of sp³-hybridized carbons (Fsp3) is 0.385. The molecule has 0 fully saturated rings. The van der Waals surface area contributed by atoms with E-state index in [0.717, 1.165) is 12.8 Å². The van der Waals surface area contributed by atoms with Gasteiger partial charge < -0.3 is 10.5 Å². The van der Waals surface area contributed by atoms with Gasteiger partial charge in [0, 0.05) is 23.9 Å². The highest BCUT2D eigenvalue weighted by Gasteiger charge is 2.02. The molecule has 6 heteroatoms. The molecule has 0 amide bonds. The molecule has 0 aromatic carbocycles. The van der Waals surface area contributed by atoms with Crippen LogP contribution in [0.15, 0.2) is 34.6 Å². The van der Waals surface area contributed by atoms with E-state index in [1.165, 1.54) is 15.6 Å². The first-order chi connectivity index (χ1) is 9.29. The molecule has 102 valence electrons. The van der Waals surface area contributed by atoms with Crippen LogP contribution in [0.4, 0.5) is 0 Å². The van der Waals surface area contributed by atoms with Crippen molar-refractivity contribution in [3.05, 3.63) is 45.0 Å². The summed E-state index contributed by atoms with van der Waals surface area (Å²) in [5, 5.41) is 6.14. The Morgan fingerprint density at radius 1 is 1.47 bits per heavy atom. The highest BCUT2D eigenvalue weighted by molar-refractivity contribution is 7.09. The molecule has 2 heterocycles. The summed E-state index contributed by atoms with van der Waals surface area (Å²) in [6, 6.07) is 5.53. The van der Waals surface area contributed by atoms with Crippen LogP contribution in [0.3, 0.4) is 0 Å². The lowest BCUT2D eigenvalue weighted by Gasteiger charge is -2.06. The number of nitrogens with two attached hydrogens (primary N) is 1. The molecule has 0 unspecified atom stereocenters. The van der Waals surface area contributed by atoms with Gasteiger partial charge >= 0.3 is 0 Å². The molecule has 0 aliphatic heterocycles. The van der Waals surface area contributed by atoms with Gasteiger partial charge in [-0.25, -0.2) is 4.68 Å². The number of hydrogen-bond donors (Lipinski definition) is 1. The molecule has 0 spiro atoms. The topological polar surface area (TPSA) is 70.1 Å². The summed E-state index contributed by atoms with van der Waals surface area (Å²) in [5.41, 5.74) is 5.23. The Hall–Kier alpha value is -1.66. The van der Waals surface area contributed by atoms with Crippen LogP contribution in [0.25, 0.3) is 0 Å². The van der Waals surface area contributed by atoms with Gasteiger partial charge in [-0.1, -0.05) is 6.07 Å². The molecule has 2 aromatic rings. The molecule has 5 nitrogen and oxygen atoms in total. The van der Waals surface area contributed by atoms with E-state index < -0.39 is 0 Å². The fourth-order valence-corrected chi connectivity index (χ4v) is 2.31. The molecule has 2 aromatic heterocycles. The van der Waals surface area contributed by atoms with E-state index in [-0.39, 0.29) is 5.56 Å². The van der Waals surface area contributed by atoms with E-state index in [9.17, 15) is 4.79 Å². The van der Waals surface area contributed by atoms with Crippen LogP contribution in [0.1, 0.15) is 11.3 Å². The van der Waals surface area contributed by atoms with E-state index in [4.69, 9.17) is 10.5 Å². The SMILES string of the molecule is NCCCOc1cnn(CCc2cccs2)c(=O)c1. The molecule has 19 heavy (non-hydrogen) atoms. The Bertz CT molecular complexity index is 551. The third-order valence-electron chi connectivity index (χ3n) is 2.61. The van der Waals surface area contributed by atoms with Crippen LogP contribution < -0.4 is 16.0 Å². The first kappa shape index (κ1) is 13.8. The van der Waals surface area contributed by atoms with Gasteiger partial charge in [-0.3, -0.25) is 4.79 Å². The second-order valence-electron chi connectivity index (χ2n) is 4.07.